The average molecular weight is 392 g/mol. The van der Waals surface area contributed by atoms with E-state index in [1.54, 1.807) is 12.1 Å². The Balaban J connectivity index is 1.90. The summed E-state index contributed by atoms with van der Waals surface area (Å²) < 4.78 is 29.6. The summed E-state index contributed by atoms with van der Waals surface area (Å²) in [5, 5.41) is 3.86. The fourth-order valence-electron chi connectivity index (χ4n) is 4.19. The van der Waals surface area contributed by atoms with E-state index in [0.29, 0.717) is 22.5 Å². The number of sulfone groups is 1. The molecule has 27 heavy (non-hydrogen) atoms. The van der Waals surface area contributed by atoms with Crippen molar-refractivity contribution in [1.29, 1.82) is 0 Å². The highest BCUT2D eigenvalue weighted by Gasteiger charge is 2.28. The molecule has 1 aromatic carbocycles. The molecule has 0 bridgehead atoms. The van der Waals surface area contributed by atoms with Gasteiger partial charge in [-0.15, -0.1) is 0 Å². The monoisotopic (exact) mass is 391 g/mol. The van der Waals surface area contributed by atoms with Crippen LogP contribution < -0.4 is 5.32 Å². The summed E-state index contributed by atoms with van der Waals surface area (Å²) in [6, 6.07) is 7.33. The van der Waals surface area contributed by atoms with E-state index in [9.17, 15) is 13.2 Å². The van der Waals surface area contributed by atoms with Gasteiger partial charge in [-0.25, -0.2) is 8.42 Å². The number of para-hydroxylation sites is 1. The van der Waals surface area contributed by atoms with Crippen LogP contribution in [0, 0.1) is 5.92 Å². The van der Waals surface area contributed by atoms with Gasteiger partial charge in [-0.3, -0.25) is 4.79 Å². The highest BCUT2D eigenvalue weighted by Crippen LogP contribution is 2.30. The van der Waals surface area contributed by atoms with Crippen LogP contribution in [0.2, 0.25) is 0 Å². The Bertz CT molecular complexity index is 894. The van der Waals surface area contributed by atoms with Crippen LogP contribution in [0.25, 0.3) is 11.0 Å². The van der Waals surface area contributed by atoms with Gasteiger partial charge in [-0.1, -0.05) is 50.8 Å². The number of carbonyl (C=O) groups is 1. The van der Waals surface area contributed by atoms with Crippen molar-refractivity contribution in [3.8, 4) is 0 Å². The quantitative estimate of drug-likeness (QED) is 0.756. The number of fused-ring (bicyclic) bond motifs is 1. The molecule has 1 amide bonds. The first-order valence-electron chi connectivity index (χ1n) is 9.88. The third-order valence-electron chi connectivity index (χ3n) is 5.45. The molecule has 1 atom stereocenters. The fraction of sp³-hybridized carbons (Fsp3) is 0.571. The molecule has 3 rings (SSSR count). The predicted octanol–water partition coefficient (Wildman–Crippen LogP) is 4.46. The van der Waals surface area contributed by atoms with Crippen LogP contribution in [-0.2, 0) is 15.6 Å². The number of rotatable bonds is 7. The summed E-state index contributed by atoms with van der Waals surface area (Å²) >= 11 is 0. The summed E-state index contributed by atoms with van der Waals surface area (Å²) in [5.41, 5.74) is 1.01. The maximum Gasteiger partial charge on any atom is 0.287 e. The second kappa shape index (κ2) is 8.46. The van der Waals surface area contributed by atoms with Crippen LogP contribution in [0.4, 0.5) is 0 Å². The number of benzene rings is 1. The normalized spacial score (nSPS) is 17.1. The summed E-state index contributed by atoms with van der Waals surface area (Å²) in [4.78, 5) is 13.0. The van der Waals surface area contributed by atoms with Crippen LogP contribution in [0.5, 0.6) is 0 Å². The van der Waals surface area contributed by atoms with Gasteiger partial charge in [0.15, 0.2) is 15.6 Å². The molecule has 1 fully saturated rings. The van der Waals surface area contributed by atoms with E-state index in [-0.39, 0.29) is 23.5 Å². The summed E-state index contributed by atoms with van der Waals surface area (Å²) in [6.45, 7) is 2.12. The van der Waals surface area contributed by atoms with Crippen molar-refractivity contribution < 1.29 is 17.6 Å². The molecule has 2 aromatic rings. The van der Waals surface area contributed by atoms with Gasteiger partial charge in [0.1, 0.15) is 5.58 Å². The number of nitrogens with one attached hydrogen (secondary N) is 1. The standard InChI is InChI=1S/C21H29NO4S/c1-3-9-18(15-10-5-4-6-11-15)22-21(23)20-17(14-27(2,24)25)16-12-7-8-13-19(16)26-20/h7-8,12-13,15,18H,3-6,9-11,14H2,1-2H3,(H,22,23). The van der Waals surface area contributed by atoms with E-state index in [1.165, 1.54) is 25.5 Å². The Labute approximate surface area is 161 Å². The zero-order valence-electron chi connectivity index (χ0n) is 16.2. The van der Waals surface area contributed by atoms with Crippen molar-refractivity contribution in [2.24, 2.45) is 5.92 Å². The lowest BCUT2D eigenvalue weighted by Crippen LogP contribution is -2.41. The van der Waals surface area contributed by atoms with Gasteiger partial charge in [0.2, 0.25) is 0 Å². The van der Waals surface area contributed by atoms with Gasteiger partial charge >= 0.3 is 0 Å². The van der Waals surface area contributed by atoms with E-state index in [4.69, 9.17) is 4.42 Å². The predicted molar refractivity (Wildman–Crippen MR) is 107 cm³/mol. The van der Waals surface area contributed by atoms with Crippen molar-refractivity contribution in [3.63, 3.8) is 0 Å². The van der Waals surface area contributed by atoms with Gasteiger partial charge in [0, 0.05) is 23.2 Å². The largest absolute Gasteiger partial charge is 0.451 e. The lowest BCUT2D eigenvalue weighted by molar-refractivity contribution is 0.0882. The highest BCUT2D eigenvalue weighted by molar-refractivity contribution is 7.89. The molecule has 1 saturated carbocycles. The number of amides is 1. The zero-order valence-corrected chi connectivity index (χ0v) is 17.0. The Hall–Kier alpha value is -1.82. The van der Waals surface area contributed by atoms with E-state index in [1.807, 2.05) is 12.1 Å². The zero-order chi connectivity index (χ0) is 19.4. The van der Waals surface area contributed by atoms with Crippen LogP contribution >= 0.6 is 0 Å². The summed E-state index contributed by atoms with van der Waals surface area (Å²) in [5.74, 6) is 0.132. The average Bonchev–Trinajstić information content (AvgIpc) is 2.99. The molecule has 1 aliphatic rings. The third kappa shape index (κ3) is 4.92. The minimum absolute atomic E-state index is 0.113. The molecule has 6 heteroatoms. The van der Waals surface area contributed by atoms with Gasteiger partial charge in [0.05, 0.1) is 5.75 Å². The van der Waals surface area contributed by atoms with Gasteiger partial charge in [-0.2, -0.15) is 0 Å². The topological polar surface area (TPSA) is 76.4 Å². The second-order valence-electron chi connectivity index (χ2n) is 7.74. The fourth-order valence-corrected chi connectivity index (χ4v) is 5.01. The molecule has 1 unspecified atom stereocenters. The minimum Gasteiger partial charge on any atom is -0.451 e. The first-order valence-corrected chi connectivity index (χ1v) is 11.9. The molecule has 0 aliphatic heterocycles. The molecule has 0 saturated heterocycles. The molecule has 0 radical (unpaired) electrons. The van der Waals surface area contributed by atoms with Crippen molar-refractivity contribution in [1.82, 2.24) is 5.32 Å². The van der Waals surface area contributed by atoms with Crippen LogP contribution in [0.1, 0.15) is 68.0 Å². The van der Waals surface area contributed by atoms with E-state index in [2.05, 4.69) is 12.2 Å². The van der Waals surface area contributed by atoms with E-state index >= 15 is 0 Å². The smallest absolute Gasteiger partial charge is 0.287 e. The molecular formula is C21H29NO4S. The van der Waals surface area contributed by atoms with Crippen LogP contribution in [-0.4, -0.2) is 26.6 Å². The van der Waals surface area contributed by atoms with Gasteiger partial charge in [-0.05, 0) is 31.2 Å². The van der Waals surface area contributed by atoms with Crippen molar-refractivity contribution >= 4 is 26.7 Å². The molecule has 148 valence electrons. The lowest BCUT2D eigenvalue weighted by Gasteiger charge is -2.30. The number of hydrogen-bond acceptors (Lipinski definition) is 4. The first-order chi connectivity index (χ1) is 12.9. The first kappa shape index (κ1) is 19.9. The molecule has 1 aromatic heterocycles. The number of carbonyl (C=O) groups excluding carboxylic acids is 1. The Morgan fingerprint density at radius 3 is 2.59 bits per heavy atom. The second-order valence-corrected chi connectivity index (χ2v) is 9.88. The van der Waals surface area contributed by atoms with Crippen molar-refractivity contribution in [2.45, 2.75) is 63.7 Å². The Morgan fingerprint density at radius 1 is 1.22 bits per heavy atom. The SMILES string of the molecule is CCCC(NC(=O)c1oc2ccccc2c1CS(C)(=O)=O)C1CCCCC1. The van der Waals surface area contributed by atoms with Gasteiger partial charge in [0.25, 0.3) is 5.91 Å². The Morgan fingerprint density at radius 2 is 1.93 bits per heavy atom. The molecular weight excluding hydrogens is 362 g/mol. The molecule has 1 heterocycles. The van der Waals surface area contributed by atoms with Crippen molar-refractivity contribution in [2.75, 3.05) is 6.26 Å². The Kier molecular flexibility index (Phi) is 6.25. The maximum atomic E-state index is 13.0. The molecule has 0 spiro atoms. The third-order valence-corrected chi connectivity index (χ3v) is 6.26. The highest BCUT2D eigenvalue weighted by atomic mass is 32.2. The molecule has 5 nitrogen and oxygen atoms in total. The lowest BCUT2D eigenvalue weighted by atomic mass is 9.82. The van der Waals surface area contributed by atoms with Crippen molar-refractivity contribution in [3.05, 3.63) is 35.6 Å². The maximum absolute atomic E-state index is 13.0. The summed E-state index contributed by atoms with van der Waals surface area (Å²) in [6.07, 6.45) is 9.08. The number of furan rings is 1. The van der Waals surface area contributed by atoms with Crippen LogP contribution in [0.3, 0.4) is 0 Å². The van der Waals surface area contributed by atoms with E-state index in [0.717, 1.165) is 25.7 Å². The molecule has 1 aliphatic carbocycles. The van der Waals surface area contributed by atoms with Gasteiger partial charge < -0.3 is 9.73 Å². The minimum atomic E-state index is -3.29. The van der Waals surface area contributed by atoms with Crippen LogP contribution in [0.15, 0.2) is 28.7 Å². The molecule has 1 N–H and O–H groups in total. The van der Waals surface area contributed by atoms with E-state index < -0.39 is 9.84 Å². The number of hydrogen-bond donors (Lipinski definition) is 1. The summed E-state index contributed by atoms with van der Waals surface area (Å²) in [7, 11) is -3.29.